The molecule has 1 aromatic rings. The molecular weight excluding hydrogens is 243 g/mol. The van der Waals surface area contributed by atoms with Crippen molar-refractivity contribution in [3.05, 3.63) is 59.1 Å². The molecule has 1 aromatic carbocycles. The normalized spacial score (nSPS) is 19.0. The standard InChI is InChI=1S/C14H17FN4/c15-12-4-3-9(6-13(12)17)1-2-10-5-11(7-16)14(18)19-8-10/h1-6,8,14,19H,7,16-18H2. The molecule has 1 heterocycles. The van der Waals surface area contributed by atoms with Gasteiger partial charge in [-0.3, -0.25) is 0 Å². The lowest BCUT2D eigenvalue weighted by molar-refractivity contribution is 0.632. The zero-order valence-corrected chi connectivity index (χ0v) is 10.4. The summed E-state index contributed by atoms with van der Waals surface area (Å²) in [5, 5.41) is 3.02. The van der Waals surface area contributed by atoms with Crippen molar-refractivity contribution < 1.29 is 4.39 Å². The van der Waals surface area contributed by atoms with Gasteiger partial charge in [0.2, 0.25) is 0 Å². The summed E-state index contributed by atoms with van der Waals surface area (Å²) in [5.41, 5.74) is 19.8. The number of hydrogen-bond acceptors (Lipinski definition) is 4. The van der Waals surface area contributed by atoms with E-state index < -0.39 is 5.82 Å². The molecular formula is C14H17FN4. The molecule has 4 nitrogen and oxygen atoms in total. The molecule has 0 saturated carbocycles. The monoisotopic (exact) mass is 260 g/mol. The molecule has 2 rings (SSSR count). The molecule has 0 amide bonds. The Morgan fingerprint density at radius 2 is 2.11 bits per heavy atom. The van der Waals surface area contributed by atoms with Gasteiger partial charge in [-0.1, -0.05) is 18.2 Å². The van der Waals surface area contributed by atoms with Crippen LogP contribution in [0.2, 0.25) is 0 Å². The van der Waals surface area contributed by atoms with Crippen molar-refractivity contribution in [1.82, 2.24) is 5.32 Å². The molecule has 19 heavy (non-hydrogen) atoms. The zero-order valence-electron chi connectivity index (χ0n) is 10.4. The van der Waals surface area contributed by atoms with Gasteiger partial charge in [-0.25, -0.2) is 4.39 Å². The summed E-state index contributed by atoms with van der Waals surface area (Å²) in [6.45, 7) is 0.406. The number of dihydropyridines is 1. The third kappa shape index (κ3) is 3.21. The maximum atomic E-state index is 13.0. The fourth-order valence-corrected chi connectivity index (χ4v) is 1.78. The lowest BCUT2D eigenvalue weighted by atomic mass is 10.1. The van der Waals surface area contributed by atoms with E-state index in [9.17, 15) is 4.39 Å². The number of rotatable bonds is 3. The molecule has 0 radical (unpaired) electrons. The van der Waals surface area contributed by atoms with Crippen LogP contribution in [0.25, 0.3) is 6.08 Å². The van der Waals surface area contributed by atoms with Crippen LogP contribution in [0.1, 0.15) is 5.56 Å². The summed E-state index contributed by atoms with van der Waals surface area (Å²) in [6, 6.07) is 4.60. The number of nitrogen functional groups attached to an aromatic ring is 1. The van der Waals surface area contributed by atoms with Gasteiger partial charge < -0.3 is 22.5 Å². The maximum Gasteiger partial charge on any atom is 0.146 e. The molecule has 0 aromatic heterocycles. The van der Waals surface area contributed by atoms with Crippen molar-refractivity contribution in [3.63, 3.8) is 0 Å². The number of nitrogens with one attached hydrogen (secondary N) is 1. The second-order valence-corrected chi connectivity index (χ2v) is 4.33. The number of hydrogen-bond donors (Lipinski definition) is 4. The predicted octanol–water partition coefficient (Wildman–Crippen LogP) is 1.08. The Morgan fingerprint density at radius 3 is 2.79 bits per heavy atom. The van der Waals surface area contributed by atoms with Crippen molar-refractivity contribution in [3.8, 4) is 0 Å². The Balaban J connectivity index is 2.15. The second-order valence-electron chi connectivity index (χ2n) is 4.33. The topological polar surface area (TPSA) is 90.1 Å². The summed E-state index contributed by atoms with van der Waals surface area (Å²) in [4.78, 5) is 0. The van der Waals surface area contributed by atoms with Gasteiger partial charge in [0.25, 0.3) is 0 Å². The minimum absolute atomic E-state index is 0.137. The van der Waals surface area contributed by atoms with E-state index in [1.807, 2.05) is 24.4 Å². The Labute approximate surface area is 111 Å². The molecule has 7 N–H and O–H groups in total. The van der Waals surface area contributed by atoms with E-state index in [4.69, 9.17) is 17.2 Å². The van der Waals surface area contributed by atoms with Gasteiger partial charge in [0.05, 0.1) is 11.9 Å². The van der Waals surface area contributed by atoms with Crippen LogP contribution in [0.5, 0.6) is 0 Å². The van der Waals surface area contributed by atoms with Crippen LogP contribution in [-0.2, 0) is 0 Å². The largest absolute Gasteiger partial charge is 0.396 e. The summed E-state index contributed by atoms with van der Waals surface area (Å²) in [6.07, 6.45) is 7.26. The Morgan fingerprint density at radius 1 is 1.32 bits per heavy atom. The fraction of sp³-hybridized carbons (Fsp3) is 0.143. The van der Waals surface area contributed by atoms with E-state index in [2.05, 4.69) is 5.32 Å². The Bertz CT molecular complexity index is 561. The average Bonchev–Trinajstić information content (AvgIpc) is 2.41. The first-order chi connectivity index (χ1) is 9.10. The summed E-state index contributed by atoms with van der Waals surface area (Å²) >= 11 is 0. The summed E-state index contributed by atoms with van der Waals surface area (Å²) < 4.78 is 13.0. The van der Waals surface area contributed by atoms with Gasteiger partial charge in [0.1, 0.15) is 5.82 Å². The highest BCUT2D eigenvalue weighted by Gasteiger charge is 2.10. The van der Waals surface area contributed by atoms with Crippen molar-refractivity contribution in [1.29, 1.82) is 0 Å². The number of nitrogens with two attached hydrogens (primary N) is 3. The molecule has 1 aliphatic heterocycles. The molecule has 100 valence electrons. The lowest BCUT2D eigenvalue weighted by Crippen LogP contribution is -2.40. The van der Waals surface area contributed by atoms with Gasteiger partial charge in [-0.15, -0.1) is 0 Å². The molecule has 0 spiro atoms. The summed E-state index contributed by atoms with van der Waals surface area (Å²) in [5.74, 6) is -0.410. The maximum absolute atomic E-state index is 13.0. The van der Waals surface area contributed by atoms with Gasteiger partial charge in [-0.2, -0.15) is 0 Å². The zero-order chi connectivity index (χ0) is 13.8. The lowest BCUT2D eigenvalue weighted by Gasteiger charge is -2.20. The SMILES string of the molecule is NCC1=CC(C=Cc2ccc(F)c(N)c2)=CNC1N. The van der Waals surface area contributed by atoms with Crippen LogP contribution in [-0.4, -0.2) is 12.7 Å². The molecule has 1 unspecified atom stereocenters. The number of allylic oxidation sites excluding steroid dienone is 3. The van der Waals surface area contributed by atoms with Crippen LogP contribution in [0.4, 0.5) is 10.1 Å². The van der Waals surface area contributed by atoms with Gasteiger partial charge in [0, 0.05) is 12.7 Å². The molecule has 0 aliphatic carbocycles. The Kier molecular flexibility index (Phi) is 3.99. The van der Waals surface area contributed by atoms with Crippen molar-refractivity contribution in [2.45, 2.75) is 6.17 Å². The van der Waals surface area contributed by atoms with Crippen LogP contribution >= 0.6 is 0 Å². The van der Waals surface area contributed by atoms with E-state index in [-0.39, 0.29) is 11.9 Å². The van der Waals surface area contributed by atoms with E-state index in [1.165, 1.54) is 6.07 Å². The van der Waals surface area contributed by atoms with Crippen molar-refractivity contribution in [2.75, 3.05) is 12.3 Å². The van der Waals surface area contributed by atoms with Gasteiger partial charge in [0.15, 0.2) is 0 Å². The van der Waals surface area contributed by atoms with Crippen LogP contribution in [0.3, 0.4) is 0 Å². The first kappa shape index (κ1) is 13.3. The second kappa shape index (κ2) is 5.69. The first-order valence-electron chi connectivity index (χ1n) is 5.95. The van der Waals surface area contributed by atoms with Crippen LogP contribution in [0.15, 0.2) is 47.7 Å². The van der Waals surface area contributed by atoms with Crippen molar-refractivity contribution >= 4 is 11.8 Å². The molecule has 0 saturated heterocycles. The minimum Gasteiger partial charge on any atom is -0.396 e. The van der Waals surface area contributed by atoms with E-state index in [1.54, 1.807) is 12.1 Å². The van der Waals surface area contributed by atoms with Gasteiger partial charge in [-0.05, 0) is 34.9 Å². The molecule has 1 aliphatic rings. The molecule has 0 bridgehead atoms. The fourth-order valence-electron chi connectivity index (χ4n) is 1.78. The smallest absolute Gasteiger partial charge is 0.146 e. The van der Waals surface area contributed by atoms with Crippen LogP contribution in [0, 0.1) is 5.82 Å². The number of halogens is 1. The number of anilines is 1. The first-order valence-corrected chi connectivity index (χ1v) is 5.95. The Hall–Kier alpha value is -2.11. The van der Waals surface area contributed by atoms with Crippen LogP contribution < -0.4 is 22.5 Å². The minimum atomic E-state index is -0.410. The molecule has 1 atom stereocenters. The number of benzene rings is 1. The summed E-state index contributed by atoms with van der Waals surface area (Å²) in [7, 11) is 0. The van der Waals surface area contributed by atoms with E-state index >= 15 is 0 Å². The third-order valence-corrected chi connectivity index (χ3v) is 2.91. The van der Waals surface area contributed by atoms with Gasteiger partial charge >= 0.3 is 0 Å². The highest BCUT2D eigenvalue weighted by molar-refractivity contribution is 5.59. The van der Waals surface area contributed by atoms with Crippen molar-refractivity contribution in [2.24, 2.45) is 11.5 Å². The quantitative estimate of drug-likeness (QED) is 0.612. The predicted molar refractivity (Wildman–Crippen MR) is 76.2 cm³/mol. The highest BCUT2D eigenvalue weighted by atomic mass is 19.1. The van der Waals surface area contributed by atoms with E-state index in [0.29, 0.717) is 6.54 Å². The average molecular weight is 260 g/mol. The third-order valence-electron chi connectivity index (χ3n) is 2.91. The molecule has 5 heteroatoms. The highest BCUT2D eigenvalue weighted by Crippen LogP contribution is 2.16. The molecule has 0 fully saturated rings. The van der Waals surface area contributed by atoms with E-state index in [0.717, 1.165) is 16.7 Å².